The number of carboxylic acids is 1. The molecule has 3 aliphatic heterocycles. The zero-order chi connectivity index (χ0) is 33.5. The van der Waals surface area contributed by atoms with Crippen molar-refractivity contribution < 1.29 is 59.3 Å². The summed E-state index contributed by atoms with van der Waals surface area (Å²) < 4.78 is 10.2. The minimum absolute atomic E-state index is 0.113. The summed E-state index contributed by atoms with van der Waals surface area (Å²) in [6.07, 6.45) is -2.64. The molecule has 45 heavy (non-hydrogen) atoms. The van der Waals surface area contributed by atoms with Crippen LogP contribution in [0.3, 0.4) is 0 Å². The monoisotopic (exact) mass is 651 g/mol. The maximum Gasteiger partial charge on any atom is 0.408 e. The molecule has 8 N–H and O–H groups in total. The first-order chi connectivity index (χ1) is 20.6. The van der Waals surface area contributed by atoms with Crippen molar-refractivity contribution in [2.75, 3.05) is 6.61 Å². The molecule has 6 rings (SSSR count). The number of benzene rings is 1. The normalized spacial score (nSPS) is 41.4. The van der Waals surface area contributed by atoms with E-state index in [1.54, 1.807) is 13.8 Å². The molecule has 3 heterocycles. The van der Waals surface area contributed by atoms with Crippen molar-refractivity contribution in [3.05, 3.63) is 29.8 Å². The number of aromatic hydroxyl groups is 1. The molecule has 1 aromatic rings. The topological polar surface area (TPSA) is 235 Å². The van der Waals surface area contributed by atoms with E-state index in [-0.39, 0.29) is 11.3 Å². The van der Waals surface area contributed by atoms with Crippen LogP contribution in [0.25, 0.3) is 0 Å². The Bertz CT molecular complexity index is 1520. The number of phenolic OH excluding ortho intramolecular Hbond substituents is 1. The summed E-state index contributed by atoms with van der Waals surface area (Å²) in [5.41, 5.74) is -9.04. The second-order valence-electron chi connectivity index (χ2n) is 14.0. The third kappa shape index (κ3) is 3.49. The Kier molecular flexibility index (Phi) is 6.37. The van der Waals surface area contributed by atoms with Crippen molar-refractivity contribution in [2.24, 2.45) is 10.8 Å². The van der Waals surface area contributed by atoms with Crippen molar-refractivity contribution in [3.63, 3.8) is 0 Å². The van der Waals surface area contributed by atoms with Gasteiger partial charge < -0.3 is 55.6 Å². The molecule has 9 atom stereocenters. The van der Waals surface area contributed by atoms with Crippen LogP contribution in [0.15, 0.2) is 24.3 Å². The maximum atomic E-state index is 13.5. The molecule has 2 saturated carbocycles. The third-order valence-electron chi connectivity index (χ3n) is 10.9. The number of ether oxygens (including phenoxy) is 2. The van der Waals surface area contributed by atoms with Crippen molar-refractivity contribution in [3.8, 4) is 5.75 Å². The largest absolute Gasteiger partial charge is 0.508 e. The Hall–Kier alpha value is -3.15. The highest BCUT2D eigenvalue weighted by Crippen LogP contribution is 2.86. The fraction of sp³-hybridized carbons (Fsp3) is 0.655. The van der Waals surface area contributed by atoms with Crippen LogP contribution >= 0.6 is 11.8 Å². The van der Waals surface area contributed by atoms with E-state index in [0.29, 0.717) is 0 Å². The highest BCUT2D eigenvalue weighted by Gasteiger charge is 3.08. The molecule has 5 unspecified atom stereocenters. The predicted octanol–water partition coefficient (Wildman–Crippen LogP) is -0.848. The van der Waals surface area contributed by atoms with Gasteiger partial charge in [0.2, 0.25) is 17.6 Å². The number of phenols is 1. The predicted molar refractivity (Wildman–Crippen MR) is 153 cm³/mol. The standard InChI is InChI=1S/C29H37N3O12S/c1-23(2)17(21(36)37)32-19(35)16(20(32)45-23)30-18(34)15(12-7-9-13(33)10-8-12)31-22(38)43-11-14-26(39)24(3,4)27(26,40)28(41)25(5,6)29(28,42)44-14/h7-10,14-17,20,33,39-42H,11H2,1-6H3,(H,30,34)(H,31,38)(H,36,37)/t14-,15?,16?,17?,20?,26-,27+,28-,29?/m1/s1. The van der Waals surface area contributed by atoms with Gasteiger partial charge in [0.25, 0.3) is 0 Å². The zero-order valence-corrected chi connectivity index (χ0v) is 26.2. The van der Waals surface area contributed by atoms with Gasteiger partial charge in [0.1, 0.15) is 53.2 Å². The van der Waals surface area contributed by atoms with E-state index in [1.807, 2.05) is 0 Å². The molecule has 246 valence electrons. The smallest absolute Gasteiger partial charge is 0.408 e. The van der Waals surface area contributed by atoms with Crippen molar-refractivity contribution >= 4 is 35.6 Å². The molecule has 5 aliphatic rings. The van der Waals surface area contributed by atoms with Crippen molar-refractivity contribution in [2.45, 2.75) is 98.5 Å². The summed E-state index contributed by atoms with van der Waals surface area (Å²) in [7, 11) is 0. The third-order valence-corrected chi connectivity index (χ3v) is 12.5. The molecular weight excluding hydrogens is 614 g/mol. The van der Waals surface area contributed by atoms with Crippen molar-refractivity contribution in [1.82, 2.24) is 15.5 Å². The molecule has 2 aliphatic carbocycles. The van der Waals surface area contributed by atoms with Gasteiger partial charge in [-0.1, -0.05) is 39.8 Å². The number of thioether (sulfide) groups is 1. The lowest BCUT2D eigenvalue weighted by Crippen LogP contribution is -2.71. The molecule has 0 aromatic heterocycles. The molecule has 0 bridgehead atoms. The van der Waals surface area contributed by atoms with Gasteiger partial charge >= 0.3 is 12.1 Å². The minimum atomic E-state index is -2.25. The van der Waals surface area contributed by atoms with Gasteiger partial charge in [-0.05, 0) is 31.5 Å². The zero-order valence-electron chi connectivity index (χ0n) is 25.4. The summed E-state index contributed by atoms with van der Waals surface area (Å²) in [4.78, 5) is 52.6. The molecule has 0 spiro atoms. The fourth-order valence-electron chi connectivity index (χ4n) is 8.05. The summed E-state index contributed by atoms with van der Waals surface area (Å²) in [6.45, 7) is 8.60. The van der Waals surface area contributed by atoms with Gasteiger partial charge in [0.05, 0.1) is 5.41 Å². The average Bonchev–Trinajstić information content (AvgIpc) is 3.40. The van der Waals surface area contributed by atoms with Crippen LogP contribution in [0.4, 0.5) is 4.79 Å². The molecular formula is C29H37N3O12S. The van der Waals surface area contributed by atoms with E-state index in [1.165, 1.54) is 68.6 Å². The van der Waals surface area contributed by atoms with Gasteiger partial charge in [-0.15, -0.1) is 11.8 Å². The lowest BCUT2D eigenvalue weighted by Gasteiger charge is -2.44. The van der Waals surface area contributed by atoms with E-state index < -0.39 is 98.3 Å². The van der Waals surface area contributed by atoms with Gasteiger partial charge in [-0.25, -0.2) is 9.59 Å². The number of aliphatic carboxylic acids is 1. The number of amides is 3. The van der Waals surface area contributed by atoms with Crippen LogP contribution in [0.1, 0.15) is 53.1 Å². The van der Waals surface area contributed by atoms with Gasteiger partial charge in [0, 0.05) is 10.2 Å². The van der Waals surface area contributed by atoms with Crippen LogP contribution < -0.4 is 10.6 Å². The second-order valence-corrected chi connectivity index (χ2v) is 15.8. The molecule has 0 radical (unpaired) electrons. The number of nitrogens with one attached hydrogen (secondary N) is 2. The highest BCUT2D eigenvalue weighted by molar-refractivity contribution is 8.01. The summed E-state index contributed by atoms with van der Waals surface area (Å²) in [6, 6.07) is 1.71. The number of carbonyl (C=O) groups is 4. The number of aliphatic hydroxyl groups is 4. The number of carbonyl (C=O) groups excluding carboxylic acids is 3. The van der Waals surface area contributed by atoms with E-state index in [4.69, 9.17) is 9.47 Å². The first kappa shape index (κ1) is 31.8. The SMILES string of the molecule is CC1(C)SC2C(NC(=O)C(NC(=O)OC[C@H]3OC4(O)C(C)(C)[C@@]4(O)[C@]4(O)C(C)(C)[C@]34O)c3ccc(O)cc3)C(=O)N2C1C(=O)O. The first-order valence-electron chi connectivity index (χ1n) is 14.4. The summed E-state index contributed by atoms with van der Waals surface area (Å²) >= 11 is 1.23. The van der Waals surface area contributed by atoms with Crippen LogP contribution in [0, 0.1) is 10.8 Å². The molecule has 3 amide bonds. The fourth-order valence-corrected chi connectivity index (χ4v) is 9.68. The summed E-state index contributed by atoms with van der Waals surface area (Å²) in [5, 5.41) is 69.1. The quantitative estimate of drug-likeness (QED) is 0.168. The number of β-lactam (4-membered cyclic amide) rings is 1. The Balaban J connectivity index is 1.17. The average molecular weight is 652 g/mol. The van der Waals surface area contributed by atoms with E-state index >= 15 is 0 Å². The number of alkyl carbamates (subject to hydrolysis) is 1. The highest BCUT2D eigenvalue weighted by atomic mass is 32.2. The molecule has 3 saturated heterocycles. The Morgan fingerprint density at radius 3 is 2.18 bits per heavy atom. The summed E-state index contributed by atoms with van der Waals surface area (Å²) in [5.74, 6) is -4.94. The number of carboxylic acid groups (broad SMARTS) is 1. The molecule has 1 aromatic carbocycles. The van der Waals surface area contributed by atoms with Gasteiger partial charge in [0.15, 0.2) is 5.60 Å². The van der Waals surface area contributed by atoms with Crippen LogP contribution in [-0.2, 0) is 23.9 Å². The Morgan fingerprint density at radius 1 is 1.00 bits per heavy atom. The lowest BCUT2D eigenvalue weighted by molar-refractivity contribution is -0.290. The lowest BCUT2D eigenvalue weighted by atomic mass is 9.93. The Morgan fingerprint density at radius 2 is 1.60 bits per heavy atom. The Labute approximate surface area is 261 Å². The number of hydrogen-bond donors (Lipinski definition) is 8. The molecule has 16 heteroatoms. The van der Waals surface area contributed by atoms with Crippen LogP contribution in [-0.4, -0.2) is 117 Å². The second kappa shape index (κ2) is 9.01. The number of hydrogen-bond acceptors (Lipinski definition) is 12. The van der Waals surface area contributed by atoms with E-state index in [9.17, 15) is 49.8 Å². The number of fused-ring (bicyclic) bond motifs is 4. The van der Waals surface area contributed by atoms with Crippen LogP contribution in [0.2, 0.25) is 0 Å². The van der Waals surface area contributed by atoms with Gasteiger partial charge in [-0.3, -0.25) is 9.59 Å². The van der Waals surface area contributed by atoms with Crippen molar-refractivity contribution in [1.29, 1.82) is 0 Å². The minimum Gasteiger partial charge on any atom is -0.508 e. The molecule has 5 fully saturated rings. The number of rotatable bonds is 7. The van der Waals surface area contributed by atoms with E-state index in [0.717, 1.165) is 0 Å². The van der Waals surface area contributed by atoms with E-state index in [2.05, 4.69) is 10.6 Å². The maximum absolute atomic E-state index is 13.5. The number of nitrogens with zero attached hydrogens (tertiary/aromatic N) is 1. The molecule has 15 nitrogen and oxygen atoms in total. The van der Waals surface area contributed by atoms with Gasteiger partial charge in [-0.2, -0.15) is 0 Å². The van der Waals surface area contributed by atoms with Crippen LogP contribution in [0.5, 0.6) is 5.75 Å². The first-order valence-corrected chi connectivity index (χ1v) is 15.3.